The van der Waals surface area contributed by atoms with E-state index in [1.807, 2.05) is 20.8 Å². The van der Waals surface area contributed by atoms with Crippen molar-refractivity contribution in [2.45, 2.75) is 38.8 Å². The monoisotopic (exact) mass is 338 g/mol. The van der Waals surface area contributed by atoms with Crippen LogP contribution in [0.3, 0.4) is 0 Å². The number of hydrogen-bond acceptors (Lipinski definition) is 4. The predicted molar refractivity (Wildman–Crippen MR) is 90.3 cm³/mol. The number of benzene rings is 1. The van der Waals surface area contributed by atoms with E-state index in [0.29, 0.717) is 19.6 Å². The van der Waals surface area contributed by atoms with E-state index >= 15 is 0 Å². The second-order valence-corrected chi connectivity index (χ2v) is 6.85. The topological polar surface area (TPSA) is 64.8 Å². The van der Waals surface area contributed by atoms with Gasteiger partial charge >= 0.3 is 0 Å². The van der Waals surface area contributed by atoms with Crippen LogP contribution in [0.25, 0.3) is 0 Å². The lowest BCUT2D eigenvalue weighted by Crippen LogP contribution is -2.75. The smallest absolute Gasteiger partial charge is 0.243 e. The molecular formula is C18H27FN2O3. The van der Waals surface area contributed by atoms with Crippen molar-refractivity contribution in [3.05, 3.63) is 30.1 Å². The zero-order valence-corrected chi connectivity index (χ0v) is 14.8. The van der Waals surface area contributed by atoms with E-state index in [0.717, 1.165) is 0 Å². The first-order chi connectivity index (χ1) is 11.2. The quantitative estimate of drug-likeness (QED) is 0.828. The fourth-order valence-electron chi connectivity index (χ4n) is 3.09. The van der Waals surface area contributed by atoms with Crippen molar-refractivity contribution < 1.29 is 18.7 Å². The minimum atomic E-state index is -0.945. The molecule has 134 valence electrons. The molecule has 2 atom stereocenters. The van der Waals surface area contributed by atoms with Crippen LogP contribution in [-0.2, 0) is 9.53 Å². The molecule has 1 aliphatic rings. The Balaban J connectivity index is 1.90. The summed E-state index contributed by atoms with van der Waals surface area (Å²) in [5.41, 5.74) is 5.01. The van der Waals surface area contributed by atoms with Crippen molar-refractivity contribution >= 4 is 5.91 Å². The van der Waals surface area contributed by atoms with Gasteiger partial charge in [-0.3, -0.25) is 4.79 Å². The molecule has 0 heterocycles. The van der Waals surface area contributed by atoms with Crippen LogP contribution in [0, 0.1) is 11.2 Å². The third-order valence-corrected chi connectivity index (χ3v) is 5.08. The fourth-order valence-corrected chi connectivity index (χ4v) is 3.09. The van der Waals surface area contributed by atoms with Crippen molar-refractivity contribution in [3.63, 3.8) is 0 Å². The Morgan fingerprint density at radius 1 is 1.42 bits per heavy atom. The maximum absolute atomic E-state index is 13.5. The first kappa shape index (κ1) is 18.7. The van der Waals surface area contributed by atoms with Gasteiger partial charge in [-0.25, -0.2) is 4.39 Å². The molecule has 1 fully saturated rings. The SMILES string of the molecule is CCOC1CC(N)(C(=O)N(C)CCOc2ccccc2F)C1(C)C. The molecule has 0 spiro atoms. The minimum Gasteiger partial charge on any atom is -0.489 e. The Kier molecular flexibility index (Phi) is 5.50. The van der Waals surface area contributed by atoms with Crippen LogP contribution in [0.5, 0.6) is 5.75 Å². The Morgan fingerprint density at radius 2 is 2.08 bits per heavy atom. The van der Waals surface area contributed by atoms with Gasteiger partial charge in [0.1, 0.15) is 12.1 Å². The largest absolute Gasteiger partial charge is 0.489 e. The van der Waals surface area contributed by atoms with Crippen molar-refractivity contribution in [1.29, 1.82) is 0 Å². The van der Waals surface area contributed by atoms with Gasteiger partial charge in [-0.05, 0) is 19.1 Å². The highest BCUT2D eigenvalue weighted by Gasteiger charge is 2.63. The van der Waals surface area contributed by atoms with E-state index in [2.05, 4.69) is 0 Å². The molecule has 0 saturated heterocycles. The lowest BCUT2D eigenvalue weighted by atomic mass is 9.54. The standard InChI is InChI=1S/C18H27FN2O3/c1-5-23-15-12-18(20,17(15,2)3)16(22)21(4)10-11-24-14-9-7-6-8-13(14)19/h6-9,15H,5,10-12,20H2,1-4H3. The normalized spacial score (nSPS) is 25.0. The number of carbonyl (C=O) groups excluding carboxylic acids is 1. The van der Waals surface area contributed by atoms with Crippen molar-refractivity contribution in [2.75, 3.05) is 26.8 Å². The van der Waals surface area contributed by atoms with Crippen LogP contribution in [0.4, 0.5) is 4.39 Å². The lowest BCUT2D eigenvalue weighted by Gasteiger charge is -2.58. The molecule has 1 saturated carbocycles. The van der Waals surface area contributed by atoms with Crippen LogP contribution in [0.2, 0.25) is 0 Å². The Bertz CT molecular complexity index is 593. The molecule has 1 aromatic rings. The van der Waals surface area contributed by atoms with Crippen LogP contribution in [0.1, 0.15) is 27.2 Å². The zero-order chi connectivity index (χ0) is 18.0. The number of rotatable bonds is 7. The van der Waals surface area contributed by atoms with E-state index < -0.39 is 16.8 Å². The molecule has 1 amide bonds. The summed E-state index contributed by atoms with van der Waals surface area (Å²) in [6.07, 6.45) is 0.491. The number of carbonyl (C=O) groups is 1. The number of nitrogens with zero attached hydrogens (tertiary/aromatic N) is 1. The molecule has 2 unspecified atom stereocenters. The summed E-state index contributed by atoms with van der Waals surface area (Å²) in [6.45, 7) is 6.98. The molecular weight excluding hydrogens is 311 g/mol. The fraction of sp³-hybridized carbons (Fsp3) is 0.611. The van der Waals surface area contributed by atoms with Gasteiger partial charge in [0.2, 0.25) is 5.91 Å². The number of amides is 1. The Labute approximate surface area is 142 Å². The van der Waals surface area contributed by atoms with Crippen LogP contribution < -0.4 is 10.5 Å². The number of halogens is 1. The third kappa shape index (κ3) is 3.26. The number of likely N-dealkylation sites (N-methyl/N-ethyl adjacent to an activating group) is 1. The van der Waals surface area contributed by atoms with Gasteiger partial charge < -0.3 is 20.1 Å². The van der Waals surface area contributed by atoms with Gasteiger partial charge in [0, 0.05) is 25.5 Å². The summed E-state index contributed by atoms with van der Waals surface area (Å²) in [7, 11) is 1.69. The molecule has 2 N–H and O–H groups in total. The molecule has 0 bridgehead atoms. The second kappa shape index (κ2) is 7.07. The Morgan fingerprint density at radius 3 is 2.67 bits per heavy atom. The number of nitrogens with two attached hydrogens (primary N) is 1. The summed E-state index contributed by atoms with van der Waals surface area (Å²) in [6, 6.07) is 6.20. The van der Waals surface area contributed by atoms with E-state index in [-0.39, 0.29) is 24.4 Å². The van der Waals surface area contributed by atoms with Crippen molar-refractivity contribution in [3.8, 4) is 5.75 Å². The maximum atomic E-state index is 13.5. The van der Waals surface area contributed by atoms with E-state index in [9.17, 15) is 9.18 Å². The summed E-state index contributed by atoms with van der Waals surface area (Å²) in [4.78, 5) is 14.3. The molecule has 5 nitrogen and oxygen atoms in total. The first-order valence-corrected chi connectivity index (χ1v) is 8.27. The van der Waals surface area contributed by atoms with E-state index in [4.69, 9.17) is 15.2 Å². The van der Waals surface area contributed by atoms with Gasteiger partial charge in [-0.2, -0.15) is 0 Å². The minimum absolute atomic E-state index is 0.0143. The number of hydrogen-bond donors (Lipinski definition) is 1. The van der Waals surface area contributed by atoms with Crippen LogP contribution >= 0.6 is 0 Å². The maximum Gasteiger partial charge on any atom is 0.243 e. The summed E-state index contributed by atoms with van der Waals surface area (Å²) in [5.74, 6) is -0.372. The van der Waals surface area contributed by atoms with Crippen LogP contribution in [0.15, 0.2) is 24.3 Å². The van der Waals surface area contributed by atoms with E-state index in [1.165, 1.54) is 6.07 Å². The molecule has 0 aliphatic heterocycles. The van der Waals surface area contributed by atoms with Crippen LogP contribution in [-0.4, -0.2) is 49.3 Å². The van der Waals surface area contributed by atoms with E-state index in [1.54, 1.807) is 30.1 Å². The third-order valence-electron chi connectivity index (χ3n) is 5.08. The van der Waals surface area contributed by atoms with Gasteiger partial charge in [0.05, 0.1) is 12.6 Å². The summed E-state index contributed by atoms with van der Waals surface area (Å²) in [5, 5.41) is 0. The molecule has 0 radical (unpaired) electrons. The highest BCUT2D eigenvalue weighted by Crippen LogP contribution is 2.50. The molecule has 0 aromatic heterocycles. The Hall–Kier alpha value is -1.66. The number of para-hydroxylation sites is 1. The highest BCUT2D eigenvalue weighted by atomic mass is 19.1. The van der Waals surface area contributed by atoms with Gasteiger partial charge in [0.25, 0.3) is 0 Å². The summed E-state index contributed by atoms with van der Waals surface area (Å²) < 4.78 is 24.6. The predicted octanol–water partition coefficient (Wildman–Crippen LogP) is 2.20. The van der Waals surface area contributed by atoms with Crippen molar-refractivity contribution in [1.82, 2.24) is 4.90 Å². The molecule has 1 aromatic carbocycles. The second-order valence-electron chi connectivity index (χ2n) is 6.85. The average molecular weight is 338 g/mol. The van der Waals surface area contributed by atoms with Gasteiger partial charge in [-0.1, -0.05) is 26.0 Å². The summed E-state index contributed by atoms with van der Waals surface area (Å²) >= 11 is 0. The molecule has 2 rings (SSSR count). The number of ether oxygens (including phenoxy) is 2. The van der Waals surface area contributed by atoms with Crippen molar-refractivity contribution in [2.24, 2.45) is 11.1 Å². The molecule has 1 aliphatic carbocycles. The molecule has 6 heteroatoms. The first-order valence-electron chi connectivity index (χ1n) is 8.27. The average Bonchev–Trinajstić information content (AvgIpc) is 2.55. The highest BCUT2D eigenvalue weighted by molar-refractivity contribution is 5.88. The van der Waals surface area contributed by atoms with Gasteiger partial charge in [-0.15, -0.1) is 0 Å². The van der Waals surface area contributed by atoms with Gasteiger partial charge in [0.15, 0.2) is 11.6 Å². The zero-order valence-electron chi connectivity index (χ0n) is 14.8. The molecule has 24 heavy (non-hydrogen) atoms. The lowest BCUT2D eigenvalue weighted by molar-refractivity contribution is -0.178.